The lowest BCUT2D eigenvalue weighted by Crippen LogP contribution is -2.58. The molecule has 1 fully saturated rings. The summed E-state index contributed by atoms with van der Waals surface area (Å²) in [6.07, 6.45) is -3.22. The molecule has 2 aromatic heterocycles. The number of hydrogen-bond acceptors (Lipinski definition) is 13. The summed E-state index contributed by atoms with van der Waals surface area (Å²) in [5.74, 6) is 4.95. The number of ketones is 1. The quantitative estimate of drug-likeness (QED) is 0.141. The number of nitrogens with zero attached hydrogens (tertiary/aromatic N) is 2. The third-order valence-electron chi connectivity index (χ3n) is 4.63. The molecule has 0 amide bonds. The van der Waals surface area contributed by atoms with E-state index in [1.807, 2.05) is 0 Å². The van der Waals surface area contributed by atoms with Crippen molar-refractivity contribution in [2.75, 3.05) is 6.61 Å². The summed E-state index contributed by atoms with van der Waals surface area (Å²) in [6, 6.07) is 0. The normalized spacial score (nSPS) is 27.3. The van der Waals surface area contributed by atoms with Crippen molar-refractivity contribution in [3.63, 3.8) is 0 Å². The SMILES string of the molecule is Cc1nc(/C(N)=C/NN)sc1C(=O)c1cnc(C[C@H]2OC(CO)[C@@H](O)C(O)C2O)s1. The number of aryl methyl sites for hydroxylation is 1. The highest BCUT2D eigenvalue weighted by molar-refractivity contribution is 7.17. The number of nitrogens with two attached hydrogens (primary N) is 2. The van der Waals surface area contributed by atoms with E-state index in [9.17, 15) is 25.2 Å². The topological polar surface area (TPSA) is 197 Å². The van der Waals surface area contributed by atoms with Gasteiger partial charge in [-0.05, 0) is 6.92 Å². The highest BCUT2D eigenvalue weighted by atomic mass is 32.1. The number of rotatable bonds is 7. The van der Waals surface area contributed by atoms with Gasteiger partial charge in [0.15, 0.2) is 0 Å². The first-order valence-corrected chi connectivity index (χ1v) is 10.6. The van der Waals surface area contributed by atoms with Crippen molar-refractivity contribution in [2.24, 2.45) is 11.6 Å². The van der Waals surface area contributed by atoms with Crippen LogP contribution in [0.5, 0.6) is 0 Å². The van der Waals surface area contributed by atoms with Crippen LogP contribution in [0, 0.1) is 6.92 Å². The number of aliphatic hydroxyl groups excluding tert-OH is 4. The molecule has 0 bridgehead atoms. The smallest absolute Gasteiger partial charge is 0.216 e. The molecule has 1 aliphatic heterocycles. The molecule has 2 aromatic rings. The van der Waals surface area contributed by atoms with Crippen molar-refractivity contribution in [3.8, 4) is 0 Å². The van der Waals surface area contributed by atoms with E-state index >= 15 is 0 Å². The molecule has 0 aliphatic carbocycles. The molecule has 3 rings (SSSR count). The summed E-state index contributed by atoms with van der Waals surface area (Å²) in [5.41, 5.74) is 8.99. The highest BCUT2D eigenvalue weighted by Crippen LogP contribution is 2.29. The Labute approximate surface area is 179 Å². The summed E-state index contributed by atoms with van der Waals surface area (Å²) in [4.78, 5) is 22.2. The number of aromatic nitrogens is 2. The first-order valence-electron chi connectivity index (χ1n) is 8.96. The molecule has 1 aliphatic rings. The second-order valence-corrected chi connectivity index (χ2v) is 8.83. The fraction of sp³-hybridized carbons (Fsp3) is 0.471. The monoisotopic (exact) mass is 457 g/mol. The first kappa shape index (κ1) is 22.7. The number of aliphatic hydroxyl groups is 4. The van der Waals surface area contributed by atoms with Crippen LogP contribution in [-0.2, 0) is 11.2 Å². The zero-order valence-electron chi connectivity index (χ0n) is 15.9. The van der Waals surface area contributed by atoms with E-state index in [1.165, 1.54) is 12.4 Å². The molecular formula is C17H23N5O6S2. The third kappa shape index (κ3) is 4.53. The molecule has 30 heavy (non-hydrogen) atoms. The minimum atomic E-state index is -1.46. The largest absolute Gasteiger partial charge is 0.395 e. The molecule has 11 nitrogen and oxygen atoms in total. The van der Waals surface area contributed by atoms with Gasteiger partial charge < -0.3 is 36.3 Å². The van der Waals surface area contributed by atoms with E-state index < -0.39 is 37.1 Å². The zero-order valence-corrected chi connectivity index (χ0v) is 17.6. The molecule has 3 unspecified atom stereocenters. The predicted octanol–water partition coefficient (Wildman–Crippen LogP) is -1.76. The van der Waals surface area contributed by atoms with Crippen LogP contribution in [0.3, 0.4) is 0 Å². The summed E-state index contributed by atoms with van der Waals surface area (Å²) >= 11 is 2.26. The van der Waals surface area contributed by atoms with Gasteiger partial charge in [-0.25, -0.2) is 9.97 Å². The number of hydrazine groups is 1. The Morgan fingerprint density at radius 2 is 1.97 bits per heavy atom. The van der Waals surface area contributed by atoms with Crippen LogP contribution in [0.1, 0.15) is 30.3 Å². The van der Waals surface area contributed by atoms with Crippen molar-refractivity contribution in [2.45, 2.75) is 43.9 Å². The first-order chi connectivity index (χ1) is 14.3. The van der Waals surface area contributed by atoms with Crippen LogP contribution in [-0.4, -0.2) is 73.3 Å². The van der Waals surface area contributed by atoms with Crippen LogP contribution < -0.4 is 17.0 Å². The fourth-order valence-corrected chi connectivity index (χ4v) is 4.94. The number of hydrogen-bond donors (Lipinski definition) is 7. The molecule has 0 aromatic carbocycles. The third-order valence-corrected chi connectivity index (χ3v) is 6.86. The van der Waals surface area contributed by atoms with Crippen LogP contribution in [0.25, 0.3) is 5.70 Å². The molecule has 9 N–H and O–H groups in total. The van der Waals surface area contributed by atoms with Gasteiger partial charge in [-0.3, -0.25) is 10.6 Å². The number of thiazole rings is 2. The molecule has 0 spiro atoms. The minimum Gasteiger partial charge on any atom is -0.395 e. The maximum absolute atomic E-state index is 12.9. The molecule has 13 heteroatoms. The van der Waals surface area contributed by atoms with Crippen LogP contribution in [0.4, 0.5) is 0 Å². The average molecular weight is 458 g/mol. The van der Waals surface area contributed by atoms with E-state index in [2.05, 4.69) is 15.4 Å². The van der Waals surface area contributed by atoms with Crippen LogP contribution in [0.15, 0.2) is 12.4 Å². The Bertz CT molecular complexity index is 930. The standard InChI is InChI=1S/C17H23N5O6S2/c1-6-16(30-17(22-6)7(18)3-21-19)14(26)10-4-20-11(29-10)2-8-12(24)15(27)13(25)9(5-23)28-8/h3-4,8-9,12-13,15,21,23-25,27H,2,5,18-19H2,1H3/b7-3-/t8-,9?,12?,13-,15?/m1/s1. The Kier molecular flexibility index (Phi) is 7.15. The van der Waals surface area contributed by atoms with Crippen molar-refractivity contribution in [1.29, 1.82) is 0 Å². The second-order valence-electron chi connectivity index (χ2n) is 6.72. The molecule has 164 valence electrons. The van der Waals surface area contributed by atoms with E-state index in [4.69, 9.17) is 16.3 Å². The Hall–Kier alpha value is -1.97. The van der Waals surface area contributed by atoms with Crippen LogP contribution >= 0.6 is 22.7 Å². The van der Waals surface area contributed by atoms with Gasteiger partial charge in [-0.1, -0.05) is 0 Å². The van der Waals surface area contributed by atoms with Gasteiger partial charge in [0.05, 0.1) is 38.9 Å². The maximum atomic E-state index is 12.9. The van der Waals surface area contributed by atoms with Crippen molar-refractivity contribution in [3.05, 3.63) is 37.9 Å². The Morgan fingerprint density at radius 3 is 2.63 bits per heavy atom. The van der Waals surface area contributed by atoms with Crippen molar-refractivity contribution in [1.82, 2.24) is 15.4 Å². The number of carbonyl (C=O) groups is 1. The van der Waals surface area contributed by atoms with Gasteiger partial charge in [-0.15, -0.1) is 22.7 Å². The maximum Gasteiger partial charge on any atom is 0.216 e. The van der Waals surface area contributed by atoms with Gasteiger partial charge in [0.1, 0.15) is 29.4 Å². The highest BCUT2D eigenvalue weighted by Gasteiger charge is 2.43. The van der Waals surface area contributed by atoms with Crippen molar-refractivity contribution < 1.29 is 30.0 Å². The fourth-order valence-electron chi connectivity index (χ4n) is 3.02. The van der Waals surface area contributed by atoms with Gasteiger partial charge in [0, 0.05) is 18.8 Å². The van der Waals surface area contributed by atoms with Gasteiger partial charge in [0.25, 0.3) is 0 Å². The molecule has 3 heterocycles. The van der Waals surface area contributed by atoms with E-state index in [1.54, 1.807) is 6.92 Å². The number of nitrogens with one attached hydrogen (secondary N) is 1. The second kappa shape index (κ2) is 9.45. The zero-order chi connectivity index (χ0) is 22.0. The van der Waals surface area contributed by atoms with Gasteiger partial charge >= 0.3 is 0 Å². The van der Waals surface area contributed by atoms with Gasteiger partial charge in [0.2, 0.25) is 5.78 Å². The van der Waals surface area contributed by atoms with Gasteiger partial charge in [-0.2, -0.15) is 0 Å². The molecule has 1 saturated heterocycles. The molecule has 0 saturated carbocycles. The van der Waals surface area contributed by atoms with E-state index in [-0.39, 0.29) is 12.2 Å². The lowest BCUT2D eigenvalue weighted by atomic mass is 9.94. The Balaban J connectivity index is 1.75. The minimum absolute atomic E-state index is 0.101. The number of ether oxygens (including phenoxy) is 1. The molecular weight excluding hydrogens is 434 g/mol. The Morgan fingerprint density at radius 1 is 1.27 bits per heavy atom. The summed E-state index contributed by atoms with van der Waals surface area (Å²) in [6.45, 7) is 1.19. The molecule has 0 radical (unpaired) electrons. The van der Waals surface area contributed by atoms with E-state index in [0.29, 0.717) is 31.2 Å². The van der Waals surface area contributed by atoms with E-state index in [0.717, 1.165) is 22.7 Å². The van der Waals surface area contributed by atoms with Crippen molar-refractivity contribution >= 4 is 34.2 Å². The predicted molar refractivity (Wildman–Crippen MR) is 109 cm³/mol. The van der Waals surface area contributed by atoms with Crippen LogP contribution in [0.2, 0.25) is 0 Å². The lowest BCUT2D eigenvalue weighted by Gasteiger charge is -2.39. The summed E-state index contributed by atoms with van der Waals surface area (Å²) in [7, 11) is 0. The number of carbonyl (C=O) groups excluding carboxylic acids is 1. The molecule has 5 atom stereocenters. The average Bonchev–Trinajstić information content (AvgIpc) is 3.35. The lowest BCUT2D eigenvalue weighted by molar-refractivity contribution is -0.228. The summed E-state index contributed by atoms with van der Waals surface area (Å²) < 4.78 is 5.49. The summed E-state index contributed by atoms with van der Waals surface area (Å²) in [5, 5.41) is 40.2.